The largest absolute Gasteiger partial charge is 0.393 e. The lowest BCUT2D eigenvalue weighted by Crippen LogP contribution is -2.49. The maximum absolute atomic E-state index is 10.2. The summed E-state index contributed by atoms with van der Waals surface area (Å²) in [5.74, 6) is 0.577. The molecule has 0 spiro atoms. The lowest BCUT2D eigenvalue weighted by molar-refractivity contribution is 0.0232. The summed E-state index contributed by atoms with van der Waals surface area (Å²) in [5, 5.41) is 10.2. The van der Waals surface area contributed by atoms with Crippen molar-refractivity contribution in [2.24, 2.45) is 17.1 Å². The maximum atomic E-state index is 10.2. The Hall–Kier alpha value is -0.120. The summed E-state index contributed by atoms with van der Waals surface area (Å²) in [4.78, 5) is 2.55. The molecular weight excluding hydrogens is 212 g/mol. The molecule has 0 aromatic carbocycles. The number of rotatable bonds is 3. The van der Waals surface area contributed by atoms with Crippen molar-refractivity contribution in [3.63, 3.8) is 0 Å². The third kappa shape index (κ3) is 3.67. The van der Waals surface area contributed by atoms with Gasteiger partial charge in [-0.1, -0.05) is 20.8 Å². The van der Waals surface area contributed by atoms with Gasteiger partial charge in [0.2, 0.25) is 0 Å². The average Bonchev–Trinajstić information content (AvgIpc) is 2.97. The fourth-order valence-electron chi connectivity index (χ4n) is 2.86. The quantitative estimate of drug-likeness (QED) is 0.788. The first kappa shape index (κ1) is 13.3. The number of hydrogen-bond acceptors (Lipinski definition) is 3. The van der Waals surface area contributed by atoms with Crippen LogP contribution in [0.2, 0.25) is 0 Å². The Kier molecular flexibility index (Phi) is 3.81. The van der Waals surface area contributed by atoms with Gasteiger partial charge in [-0.15, -0.1) is 0 Å². The highest BCUT2D eigenvalue weighted by molar-refractivity contribution is 4.92. The Labute approximate surface area is 105 Å². The summed E-state index contributed by atoms with van der Waals surface area (Å²) in [6.45, 7) is 8.54. The Morgan fingerprint density at radius 2 is 1.94 bits per heavy atom. The molecule has 1 heterocycles. The summed E-state index contributed by atoms with van der Waals surface area (Å²) in [6, 6.07) is 1.11. The zero-order chi connectivity index (χ0) is 12.6. The van der Waals surface area contributed by atoms with Crippen LogP contribution in [0.4, 0.5) is 0 Å². The van der Waals surface area contributed by atoms with Gasteiger partial charge in [-0.2, -0.15) is 0 Å². The van der Waals surface area contributed by atoms with Crippen LogP contribution in [0.15, 0.2) is 0 Å². The summed E-state index contributed by atoms with van der Waals surface area (Å²) >= 11 is 0. The molecule has 100 valence electrons. The Bertz CT molecular complexity index is 257. The van der Waals surface area contributed by atoms with Crippen LogP contribution in [-0.2, 0) is 0 Å². The van der Waals surface area contributed by atoms with E-state index in [4.69, 9.17) is 5.73 Å². The van der Waals surface area contributed by atoms with Gasteiger partial charge in [0.05, 0.1) is 6.10 Å². The van der Waals surface area contributed by atoms with Gasteiger partial charge >= 0.3 is 0 Å². The van der Waals surface area contributed by atoms with E-state index in [2.05, 4.69) is 25.7 Å². The molecule has 0 bridgehead atoms. The second-order valence-electron chi connectivity index (χ2n) is 7.16. The molecule has 3 atom stereocenters. The smallest absolute Gasteiger partial charge is 0.0591 e. The SMILES string of the molecule is CC(C)(C)C(O)CC1CC(N)CN(C2CC2)C1. The summed E-state index contributed by atoms with van der Waals surface area (Å²) in [6.07, 6.45) is 4.47. The molecule has 2 rings (SSSR count). The molecule has 1 saturated carbocycles. The van der Waals surface area contributed by atoms with Gasteiger partial charge in [-0.3, -0.25) is 4.90 Å². The van der Waals surface area contributed by atoms with Gasteiger partial charge in [0.15, 0.2) is 0 Å². The molecule has 0 aromatic heterocycles. The van der Waals surface area contributed by atoms with Crippen molar-refractivity contribution in [2.75, 3.05) is 13.1 Å². The van der Waals surface area contributed by atoms with Crippen LogP contribution in [0, 0.1) is 11.3 Å². The molecule has 1 aliphatic carbocycles. The van der Waals surface area contributed by atoms with Crippen LogP contribution in [0.5, 0.6) is 0 Å². The van der Waals surface area contributed by atoms with E-state index in [1.807, 2.05) is 0 Å². The van der Waals surface area contributed by atoms with Crippen LogP contribution in [-0.4, -0.2) is 41.3 Å². The second-order valence-corrected chi connectivity index (χ2v) is 7.16. The first-order chi connectivity index (χ1) is 7.86. The molecule has 1 aliphatic heterocycles. The van der Waals surface area contributed by atoms with Crippen molar-refractivity contribution >= 4 is 0 Å². The van der Waals surface area contributed by atoms with E-state index in [1.165, 1.54) is 12.8 Å². The molecule has 0 amide bonds. The Balaban J connectivity index is 1.87. The van der Waals surface area contributed by atoms with Crippen LogP contribution in [0.25, 0.3) is 0 Å². The van der Waals surface area contributed by atoms with Crippen LogP contribution < -0.4 is 5.73 Å². The molecule has 3 N–H and O–H groups in total. The first-order valence-electron chi connectivity index (χ1n) is 7.04. The predicted molar refractivity (Wildman–Crippen MR) is 70.8 cm³/mol. The lowest BCUT2D eigenvalue weighted by Gasteiger charge is -2.39. The number of nitrogens with two attached hydrogens (primary N) is 1. The minimum Gasteiger partial charge on any atom is -0.393 e. The molecule has 17 heavy (non-hydrogen) atoms. The number of aliphatic hydroxyl groups excluding tert-OH is 1. The fraction of sp³-hybridized carbons (Fsp3) is 1.00. The molecule has 1 saturated heterocycles. The van der Waals surface area contributed by atoms with Gasteiger partial charge in [-0.05, 0) is 37.0 Å². The Morgan fingerprint density at radius 3 is 2.47 bits per heavy atom. The third-order valence-electron chi connectivity index (χ3n) is 4.22. The van der Waals surface area contributed by atoms with Crippen molar-refractivity contribution in [3.8, 4) is 0 Å². The number of likely N-dealkylation sites (tertiary alicyclic amines) is 1. The molecule has 3 nitrogen and oxygen atoms in total. The highest BCUT2D eigenvalue weighted by atomic mass is 16.3. The first-order valence-corrected chi connectivity index (χ1v) is 7.04. The zero-order valence-electron chi connectivity index (χ0n) is 11.5. The van der Waals surface area contributed by atoms with E-state index in [1.54, 1.807) is 0 Å². The van der Waals surface area contributed by atoms with E-state index in [0.717, 1.165) is 32.0 Å². The van der Waals surface area contributed by atoms with E-state index < -0.39 is 0 Å². The normalized spacial score (nSPS) is 33.7. The van der Waals surface area contributed by atoms with E-state index in [9.17, 15) is 5.11 Å². The van der Waals surface area contributed by atoms with Gasteiger partial charge in [0.1, 0.15) is 0 Å². The zero-order valence-corrected chi connectivity index (χ0v) is 11.5. The average molecular weight is 240 g/mol. The fourth-order valence-corrected chi connectivity index (χ4v) is 2.86. The van der Waals surface area contributed by atoms with E-state index in [-0.39, 0.29) is 11.5 Å². The van der Waals surface area contributed by atoms with Gasteiger partial charge in [-0.25, -0.2) is 0 Å². The minimum atomic E-state index is -0.209. The number of nitrogens with zero attached hydrogens (tertiary/aromatic N) is 1. The van der Waals surface area contributed by atoms with Crippen LogP contribution >= 0.6 is 0 Å². The summed E-state index contributed by atoms with van der Waals surface area (Å²) < 4.78 is 0. The maximum Gasteiger partial charge on any atom is 0.0591 e. The van der Waals surface area contributed by atoms with Crippen LogP contribution in [0.3, 0.4) is 0 Å². The number of hydrogen-bond donors (Lipinski definition) is 2. The molecule has 2 aliphatic rings. The monoisotopic (exact) mass is 240 g/mol. The van der Waals surface area contributed by atoms with Gasteiger partial charge < -0.3 is 10.8 Å². The van der Waals surface area contributed by atoms with Crippen molar-refractivity contribution in [2.45, 2.75) is 64.6 Å². The van der Waals surface area contributed by atoms with Crippen LogP contribution in [0.1, 0.15) is 46.5 Å². The third-order valence-corrected chi connectivity index (χ3v) is 4.22. The van der Waals surface area contributed by atoms with E-state index >= 15 is 0 Å². The van der Waals surface area contributed by atoms with Crippen molar-refractivity contribution in [3.05, 3.63) is 0 Å². The predicted octanol–water partition coefficient (Wildman–Crippen LogP) is 1.60. The van der Waals surface area contributed by atoms with Gasteiger partial charge in [0.25, 0.3) is 0 Å². The lowest BCUT2D eigenvalue weighted by atomic mass is 9.80. The van der Waals surface area contributed by atoms with Gasteiger partial charge in [0, 0.05) is 25.2 Å². The molecule has 3 heteroatoms. The Morgan fingerprint density at radius 1 is 1.29 bits per heavy atom. The number of piperidine rings is 1. The van der Waals surface area contributed by atoms with E-state index in [0.29, 0.717) is 12.0 Å². The van der Waals surface area contributed by atoms with Crippen molar-refractivity contribution < 1.29 is 5.11 Å². The molecule has 2 fully saturated rings. The summed E-state index contributed by atoms with van der Waals surface area (Å²) in [5.41, 5.74) is 6.13. The molecule has 0 radical (unpaired) electrons. The molecular formula is C14H28N2O. The number of aliphatic hydroxyl groups is 1. The minimum absolute atomic E-state index is 0.00798. The van der Waals surface area contributed by atoms with Crippen molar-refractivity contribution in [1.29, 1.82) is 0 Å². The highest BCUT2D eigenvalue weighted by Crippen LogP contribution is 2.33. The highest BCUT2D eigenvalue weighted by Gasteiger charge is 2.36. The van der Waals surface area contributed by atoms with Crippen molar-refractivity contribution in [1.82, 2.24) is 4.90 Å². The second kappa shape index (κ2) is 4.87. The summed E-state index contributed by atoms with van der Waals surface area (Å²) in [7, 11) is 0. The standard InChI is InChI=1S/C14H28N2O/c1-14(2,3)13(17)7-10-6-11(15)9-16(8-10)12-4-5-12/h10-13,17H,4-9,15H2,1-3H3. The molecule has 0 aromatic rings. The topological polar surface area (TPSA) is 49.5 Å². The molecule has 3 unspecified atom stereocenters.